The number of nitrogens with zero attached hydrogens (tertiary/aromatic N) is 2. The van der Waals surface area contributed by atoms with Crippen LogP contribution in [0.3, 0.4) is 0 Å². The minimum Gasteiger partial charge on any atom is -0.478 e. The lowest BCUT2D eigenvalue weighted by molar-refractivity contribution is -0.133. The number of nitrogens with two attached hydrogens (primary N) is 1. The van der Waals surface area contributed by atoms with Crippen molar-refractivity contribution in [3.8, 4) is 0 Å². The van der Waals surface area contributed by atoms with Crippen molar-refractivity contribution in [2.75, 3.05) is 26.2 Å². The number of carboxylic acid groups (broad SMARTS) is 1. The average Bonchev–Trinajstić information content (AvgIpc) is 2.77. The number of carbonyl (C=O) groups excluding carboxylic acids is 2. The van der Waals surface area contributed by atoms with Crippen LogP contribution < -0.4 is 5.73 Å². The fourth-order valence-corrected chi connectivity index (χ4v) is 3.53. The van der Waals surface area contributed by atoms with Crippen molar-refractivity contribution in [2.24, 2.45) is 5.73 Å². The number of piperazine rings is 1. The monoisotopic (exact) mass is 485 g/mol. The molecule has 2 aromatic carbocycles. The summed E-state index contributed by atoms with van der Waals surface area (Å²) in [6.45, 7) is 1.14. The Morgan fingerprint density at radius 2 is 1.39 bits per heavy atom. The van der Waals surface area contributed by atoms with Gasteiger partial charge in [0.05, 0.1) is 5.56 Å². The molecule has 1 aliphatic heterocycles. The summed E-state index contributed by atoms with van der Waals surface area (Å²) in [6, 6.07) is 6.00. The van der Waals surface area contributed by atoms with Crippen LogP contribution in [0.25, 0.3) is 0 Å². The molecule has 1 heterocycles. The van der Waals surface area contributed by atoms with E-state index in [-0.39, 0.29) is 74.4 Å². The number of hydrogen-bond donors (Lipinski definition) is 2. The second-order valence-electron chi connectivity index (χ2n) is 7.58. The van der Waals surface area contributed by atoms with Crippen molar-refractivity contribution >= 4 is 30.2 Å². The lowest BCUT2D eigenvalue weighted by Gasteiger charge is -2.35. The summed E-state index contributed by atoms with van der Waals surface area (Å²) >= 11 is 0. The van der Waals surface area contributed by atoms with Gasteiger partial charge in [-0.1, -0.05) is 0 Å². The number of benzene rings is 2. The van der Waals surface area contributed by atoms with Gasteiger partial charge in [0.25, 0.3) is 5.91 Å². The molecule has 2 amide bonds. The third-order valence-corrected chi connectivity index (χ3v) is 5.31. The molecule has 1 saturated heterocycles. The number of carbonyl (C=O) groups is 3. The molecule has 3 rings (SSSR count). The zero-order valence-corrected chi connectivity index (χ0v) is 18.3. The molecule has 1 aliphatic rings. The van der Waals surface area contributed by atoms with Crippen LogP contribution in [0.4, 0.5) is 13.2 Å². The highest BCUT2D eigenvalue weighted by atomic mass is 35.5. The Hall–Kier alpha value is -3.11. The number of hydrogen-bond acceptors (Lipinski definition) is 4. The molecule has 11 heteroatoms. The predicted molar refractivity (Wildman–Crippen MR) is 116 cm³/mol. The highest BCUT2D eigenvalue weighted by molar-refractivity contribution is 5.96. The smallest absolute Gasteiger partial charge is 0.335 e. The lowest BCUT2D eigenvalue weighted by Crippen LogP contribution is -2.51. The second-order valence-corrected chi connectivity index (χ2v) is 7.58. The zero-order chi connectivity index (χ0) is 23.4. The summed E-state index contributed by atoms with van der Waals surface area (Å²) in [5, 5.41) is 8.93. The van der Waals surface area contributed by atoms with Gasteiger partial charge in [0, 0.05) is 50.3 Å². The Labute approximate surface area is 194 Å². The molecule has 178 valence electrons. The van der Waals surface area contributed by atoms with E-state index >= 15 is 0 Å². The minimum absolute atomic E-state index is 0. The summed E-state index contributed by atoms with van der Waals surface area (Å²) in [4.78, 5) is 39.1. The molecule has 0 unspecified atom stereocenters. The van der Waals surface area contributed by atoms with Gasteiger partial charge in [0.1, 0.15) is 5.82 Å². The Morgan fingerprint density at radius 3 is 1.97 bits per heavy atom. The topological polar surface area (TPSA) is 104 Å². The molecule has 3 N–H and O–H groups in total. The van der Waals surface area contributed by atoms with Crippen molar-refractivity contribution < 1.29 is 32.7 Å². The van der Waals surface area contributed by atoms with E-state index in [4.69, 9.17) is 10.8 Å². The molecule has 0 aliphatic carbocycles. The molecule has 2 aromatic rings. The average molecular weight is 486 g/mol. The summed E-state index contributed by atoms with van der Waals surface area (Å²) in [7, 11) is 0. The van der Waals surface area contributed by atoms with E-state index in [1.165, 1.54) is 24.3 Å². The van der Waals surface area contributed by atoms with Gasteiger partial charge in [-0.2, -0.15) is 0 Å². The first kappa shape index (κ1) is 26.1. The van der Waals surface area contributed by atoms with Crippen LogP contribution in [-0.4, -0.2) is 64.9 Å². The fraction of sp³-hybridized carbons (Fsp3) is 0.318. The number of amides is 2. The SMILES string of the molecule is Cl.N[C@@H](CC(=O)N1CCN(C(=O)c2ccc(C(=O)O)cc2)CC1)Cc1cc(F)c(F)cc1F. The quantitative estimate of drug-likeness (QED) is 0.612. The summed E-state index contributed by atoms with van der Waals surface area (Å²) in [5.74, 6) is -5.02. The third kappa shape index (κ3) is 6.45. The fourth-order valence-electron chi connectivity index (χ4n) is 3.53. The summed E-state index contributed by atoms with van der Waals surface area (Å²) in [6.07, 6.45) is -0.234. The van der Waals surface area contributed by atoms with Gasteiger partial charge in [-0.05, 0) is 42.3 Å². The number of carboxylic acids is 1. The normalized spacial score (nSPS) is 14.4. The number of halogens is 4. The van der Waals surface area contributed by atoms with Crippen LogP contribution >= 0.6 is 12.4 Å². The van der Waals surface area contributed by atoms with Crippen LogP contribution in [-0.2, 0) is 11.2 Å². The number of rotatable bonds is 6. The Morgan fingerprint density at radius 1 is 0.879 bits per heavy atom. The largest absolute Gasteiger partial charge is 0.478 e. The van der Waals surface area contributed by atoms with Crippen molar-refractivity contribution in [1.82, 2.24) is 9.80 Å². The van der Waals surface area contributed by atoms with Crippen LogP contribution in [0.1, 0.15) is 32.7 Å². The van der Waals surface area contributed by atoms with Gasteiger partial charge in [0.2, 0.25) is 5.91 Å². The molecule has 0 spiro atoms. The lowest BCUT2D eigenvalue weighted by atomic mass is 10.0. The maximum absolute atomic E-state index is 13.8. The Kier molecular flexibility index (Phi) is 8.84. The third-order valence-electron chi connectivity index (χ3n) is 5.31. The highest BCUT2D eigenvalue weighted by Crippen LogP contribution is 2.17. The molecule has 0 saturated carbocycles. The molecule has 7 nitrogen and oxygen atoms in total. The molecule has 33 heavy (non-hydrogen) atoms. The van der Waals surface area contributed by atoms with E-state index in [9.17, 15) is 27.6 Å². The summed E-state index contributed by atoms with van der Waals surface area (Å²) in [5.41, 5.74) is 6.25. The first-order valence-corrected chi connectivity index (χ1v) is 9.95. The van der Waals surface area contributed by atoms with Gasteiger partial charge in [0.15, 0.2) is 11.6 Å². The predicted octanol–water partition coefficient (Wildman–Crippen LogP) is 2.47. The number of aromatic carboxylic acids is 1. The van der Waals surface area contributed by atoms with Crippen molar-refractivity contribution in [1.29, 1.82) is 0 Å². The molecule has 1 fully saturated rings. The first-order chi connectivity index (χ1) is 15.2. The van der Waals surface area contributed by atoms with E-state index in [0.29, 0.717) is 11.6 Å². The molecule has 1 atom stereocenters. The maximum atomic E-state index is 13.8. The van der Waals surface area contributed by atoms with Crippen molar-refractivity contribution in [2.45, 2.75) is 18.9 Å². The van der Waals surface area contributed by atoms with Crippen LogP contribution in [0.2, 0.25) is 0 Å². The van der Waals surface area contributed by atoms with Crippen LogP contribution in [0.15, 0.2) is 36.4 Å². The second kappa shape index (κ2) is 11.2. The van der Waals surface area contributed by atoms with E-state index in [2.05, 4.69) is 0 Å². The van der Waals surface area contributed by atoms with Crippen LogP contribution in [0.5, 0.6) is 0 Å². The van der Waals surface area contributed by atoms with Gasteiger partial charge >= 0.3 is 5.97 Å². The van der Waals surface area contributed by atoms with Crippen LogP contribution in [0, 0.1) is 17.5 Å². The molecule has 0 bridgehead atoms. The van der Waals surface area contributed by atoms with Gasteiger partial charge in [-0.25, -0.2) is 18.0 Å². The van der Waals surface area contributed by atoms with Crippen molar-refractivity contribution in [3.05, 3.63) is 70.5 Å². The van der Waals surface area contributed by atoms with E-state index in [1.54, 1.807) is 9.80 Å². The molecular formula is C22H23ClF3N3O4. The van der Waals surface area contributed by atoms with Crippen molar-refractivity contribution in [3.63, 3.8) is 0 Å². The first-order valence-electron chi connectivity index (χ1n) is 9.95. The van der Waals surface area contributed by atoms with E-state index in [1.807, 2.05) is 0 Å². The molecular weight excluding hydrogens is 463 g/mol. The van der Waals surface area contributed by atoms with Gasteiger partial charge in [-0.3, -0.25) is 9.59 Å². The minimum atomic E-state index is -1.29. The van der Waals surface area contributed by atoms with E-state index in [0.717, 1.165) is 6.07 Å². The van der Waals surface area contributed by atoms with Gasteiger partial charge < -0.3 is 20.6 Å². The summed E-state index contributed by atoms with van der Waals surface area (Å²) < 4.78 is 40.1. The molecule has 0 radical (unpaired) electrons. The van der Waals surface area contributed by atoms with E-state index < -0.39 is 29.5 Å². The standard InChI is InChI=1S/C22H22F3N3O4.ClH/c23-17-12-19(25)18(24)10-15(17)9-16(26)11-20(29)27-5-7-28(8-6-27)21(30)13-1-3-14(4-2-13)22(31)32;/h1-4,10,12,16H,5-9,11,26H2,(H,31,32);1H/t16-;/m1./s1. The molecule has 0 aromatic heterocycles. The zero-order valence-electron chi connectivity index (χ0n) is 17.5. The van der Waals surface area contributed by atoms with Gasteiger partial charge in [-0.15, -0.1) is 12.4 Å². The highest BCUT2D eigenvalue weighted by Gasteiger charge is 2.26. The Bertz CT molecular complexity index is 1030. The Balaban J connectivity index is 0.00000385. The maximum Gasteiger partial charge on any atom is 0.335 e.